The summed E-state index contributed by atoms with van der Waals surface area (Å²) in [5.41, 5.74) is 8.58. The van der Waals surface area contributed by atoms with Crippen molar-refractivity contribution in [2.24, 2.45) is 10.9 Å². The Kier molecular flexibility index (Phi) is 8.23. The molecule has 1 unspecified atom stereocenters. The molecule has 9 heteroatoms. The van der Waals surface area contributed by atoms with Crippen molar-refractivity contribution in [1.29, 1.82) is 0 Å². The first-order chi connectivity index (χ1) is 13.0. The van der Waals surface area contributed by atoms with Gasteiger partial charge in [-0.05, 0) is 67.6 Å². The topological polar surface area (TPSA) is 70.7 Å². The summed E-state index contributed by atoms with van der Waals surface area (Å²) in [4.78, 5) is 11.6. The molecule has 0 aliphatic carbocycles. The first-order valence-corrected chi connectivity index (χ1v) is 8.60. The second-order valence-corrected chi connectivity index (χ2v) is 6.65. The lowest BCUT2D eigenvalue weighted by Gasteiger charge is -2.17. The van der Waals surface area contributed by atoms with Crippen molar-refractivity contribution in [1.82, 2.24) is 5.01 Å². The molecule has 1 amide bonds. The number of hydrogen-bond donors (Lipinski definition) is 2. The maximum absolute atomic E-state index is 12.4. The molecule has 29 heavy (non-hydrogen) atoms. The molecule has 1 heterocycles. The number of hydrazine groups is 1. The summed E-state index contributed by atoms with van der Waals surface area (Å²) in [5.74, 6) is 3.20. The summed E-state index contributed by atoms with van der Waals surface area (Å²) < 4.78 is 37.3. The molecule has 0 saturated carbocycles. The van der Waals surface area contributed by atoms with Gasteiger partial charge in [-0.2, -0.15) is 5.10 Å². The van der Waals surface area contributed by atoms with Gasteiger partial charge in [0.1, 0.15) is 5.92 Å². The van der Waals surface area contributed by atoms with E-state index in [0.29, 0.717) is 5.56 Å². The molecular formula is C20H24ClF3N4O. The van der Waals surface area contributed by atoms with Gasteiger partial charge in [0.2, 0.25) is 0 Å². The molecule has 1 aliphatic heterocycles. The number of halogens is 4. The van der Waals surface area contributed by atoms with Crippen LogP contribution in [0.2, 0.25) is 0 Å². The summed E-state index contributed by atoms with van der Waals surface area (Å²) in [6, 6.07) is 11.2. The van der Waals surface area contributed by atoms with Crippen LogP contribution < -0.4 is 11.3 Å². The first kappa shape index (κ1) is 24.5. The normalized spacial score (nSPS) is 15.5. The lowest BCUT2D eigenvalue weighted by molar-refractivity contribution is -0.238. The molecule has 3 N–H and O–H groups in total. The van der Waals surface area contributed by atoms with Crippen LogP contribution in [-0.4, -0.2) is 23.4 Å². The zero-order valence-corrected chi connectivity index (χ0v) is 17.4. The number of nitrogen functional groups attached to an aromatic ring is 1. The van der Waals surface area contributed by atoms with Crippen molar-refractivity contribution in [3.63, 3.8) is 0 Å². The number of amides is 1. The minimum Gasteiger partial charge on any atom is -0.324 e. The lowest BCUT2D eigenvalue weighted by atomic mass is 9.96. The number of nitrogens with two attached hydrogens (primary N) is 1. The van der Waals surface area contributed by atoms with Crippen LogP contribution in [0.5, 0.6) is 0 Å². The Bertz CT molecular complexity index is 900. The fourth-order valence-electron chi connectivity index (χ4n) is 2.59. The third-order valence-electron chi connectivity index (χ3n) is 4.61. The molecule has 2 aromatic carbocycles. The van der Waals surface area contributed by atoms with Gasteiger partial charge in [0, 0.05) is 11.9 Å². The number of carbonyl (C=O) groups excluding carboxylic acids is 1. The van der Waals surface area contributed by atoms with E-state index in [9.17, 15) is 18.0 Å². The number of rotatable bonds is 2. The fraction of sp³-hybridized carbons (Fsp3) is 0.300. The minimum atomic E-state index is -4.76. The van der Waals surface area contributed by atoms with Gasteiger partial charge in [0.15, 0.2) is 0 Å². The summed E-state index contributed by atoms with van der Waals surface area (Å²) >= 11 is 0. The molecule has 5 nitrogen and oxygen atoms in total. The molecule has 0 aromatic heterocycles. The zero-order valence-electron chi connectivity index (χ0n) is 16.5. The Labute approximate surface area is 174 Å². The van der Waals surface area contributed by atoms with Crippen LogP contribution in [0.4, 0.5) is 18.9 Å². The van der Waals surface area contributed by atoms with E-state index in [0.717, 1.165) is 23.0 Å². The van der Waals surface area contributed by atoms with Crippen LogP contribution in [0, 0.1) is 27.7 Å². The fourth-order valence-corrected chi connectivity index (χ4v) is 2.59. The van der Waals surface area contributed by atoms with Crippen molar-refractivity contribution in [3.8, 4) is 0 Å². The Morgan fingerprint density at radius 3 is 1.97 bits per heavy atom. The van der Waals surface area contributed by atoms with Crippen LogP contribution >= 0.6 is 12.4 Å². The molecule has 0 saturated heterocycles. The quantitative estimate of drug-likeness (QED) is 0.412. The molecule has 3 rings (SSSR count). The molecule has 2 aromatic rings. The van der Waals surface area contributed by atoms with Crippen molar-refractivity contribution >= 4 is 30.2 Å². The highest BCUT2D eigenvalue weighted by Crippen LogP contribution is 2.31. The summed E-state index contributed by atoms with van der Waals surface area (Å²) in [7, 11) is 0. The number of nitrogens with one attached hydrogen (secondary N) is 1. The Morgan fingerprint density at radius 1 is 0.966 bits per heavy atom. The van der Waals surface area contributed by atoms with Gasteiger partial charge in [-0.25, -0.2) is 0 Å². The molecule has 1 atom stereocenters. The Hall–Kier alpha value is -2.58. The van der Waals surface area contributed by atoms with E-state index in [1.54, 1.807) is 18.2 Å². The Balaban J connectivity index is 0.000000327. The summed E-state index contributed by atoms with van der Waals surface area (Å²) in [6.45, 7) is 7.88. The third-order valence-corrected chi connectivity index (χ3v) is 4.61. The van der Waals surface area contributed by atoms with E-state index in [2.05, 4.69) is 24.4 Å². The largest absolute Gasteiger partial charge is 0.507 e. The number of aryl methyl sites for hydroxylation is 4. The SMILES string of the molecule is Cc1ccc(C2C=NN(C(F)(F)F)C2=O)cc1C.Cc1ccc(NN)cc1C.Cl. The number of hydrazone groups is 1. The second kappa shape index (κ2) is 9.76. The molecule has 0 fully saturated rings. The van der Waals surface area contributed by atoms with Crippen molar-refractivity contribution in [2.45, 2.75) is 39.9 Å². The number of alkyl halides is 3. The average molecular weight is 429 g/mol. The standard InChI is InChI=1S/C12H11F3N2O.C8H12N2.ClH/c1-7-3-4-9(5-8(7)2)10-6-16-17(11(10)18)12(13,14)15;1-6-3-4-8(10-9)5-7(6)2;/h3-6,10H,1-2H3;3-5,10H,9H2,1-2H3;1H. The molecular weight excluding hydrogens is 405 g/mol. The molecule has 0 spiro atoms. The van der Waals surface area contributed by atoms with Crippen LogP contribution in [-0.2, 0) is 4.79 Å². The van der Waals surface area contributed by atoms with Gasteiger partial charge in [-0.1, -0.05) is 24.3 Å². The molecule has 0 radical (unpaired) electrons. The van der Waals surface area contributed by atoms with Gasteiger partial charge in [-0.3, -0.25) is 10.6 Å². The summed E-state index contributed by atoms with van der Waals surface area (Å²) in [5, 5.41) is 2.71. The van der Waals surface area contributed by atoms with Crippen LogP contribution in [0.25, 0.3) is 0 Å². The predicted molar refractivity (Wildman–Crippen MR) is 111 cm³/mol. The van der Waals surface area contributed by atoms with Gasteiger partial charge in [0.05, 0.1) is 0 Å². The van der Waals surface area contributed by atoms with Crippen molar-refractivity contribution < 1.29 is 18.0 Å². The molecule has 0 bridgehead atoms. The predicted octanol–water partition coefficient (Wildman–Crippen LogP) is 4.75. The van der Waals surface area contributed by atoms with Gasteiger partial charge in [0.25, 0.3) is 5.91 Å². The van der Waals surface area contributed by atoms with E-state index in [4.69, 9.17) is 5.84 Å². The average Bonchev–Trinajstić information content (AvgIpc) is 3.02. The van der Waals surface area contributed by atoms with E-state index in [1.165, 1.54) is 11.1 Å². The number of anilines is 1. The van der Waals surface area contributed by atoms with Gasteiger partial charge >= 0.3 is 6.30 Å². The number of hydrogen-bond acceptors (Lipinski definition) is 4. The minimum absolute atomic E-state index is 0. The lowest BCUT2D eigenvalue weighted by Crippen LogP contribution is -2.37. The first-order valence-electron chi connectivity index (χ1n) is 8.60. The maximum Gasteiger partial charge on any atom is 0.507 e. The van der Waals surface area contributed by atoms with Crippen LogP contribution in [0.15, 0.2) is 41.5 Å². The van der Waals surface area contributed by atoms with Crippen molar-refractivity contribution in [3.05, 3.63) is 64.2 Å². The van der Waals surface area contributed by atoms with Crippen LogP contribution in [0.1, 0.15) is 33.7 Å². The molecule has 158 valence electrons. The third kappa shape index (κ3) is 5.95. The van der Waals surface area contributed by atoms with E-state index >= 15 is 0 Å². The highest BCUT2D eigenvalue weighted by atomic mass is 35.5. The smallest absolute Gasteiger partial charge is 0.324 e. The number of benzene rings is 2. The molecule has 1 aliphatic rings. The Morgan fingerprint density at radius 2 is 1.52 bits per heavy atom. The monoisotopic (exact) mass is 428 g/mol. The number of nitrogens with zero attached hydrogens (tertiary/aromatic N) is 2. The van der Waals surface area contributed by atoms with E-state index in [-0.39, 0.29) is 12.4 Å². The van der Waals surface area contributed by atoms with E-state index in [1.807, 2.05) is 32.0 Å². The number of carbonyl (C=O) groups is 1. The van der Waals surface area contributed by atoms with Gasteiger partial charge < -0.3 is 5.43 Å². The van der Waals surface area contributed by atoms with E-state index < -0.39 is 23.1 Å². The van der Waals surface area contributed by atoms with Crippen molar-refractivity contribution in [2.75, 3.05) is 5.43 Å². The van der Waals surface area contributed by atoms with Crippen LogP contribution in [0.3, 0.4) is 0 Å². The second-order valence-electron chi connectivity index (χ2n) is 6.65. The summed E-state index contributed by atoms with van der Waals surface area (Å²) in [6.07, 6.45) is -3.73. The highest BCUT2D eigenvalue weighted by molar-refractivity contribution is 6.02. The highest BCUT2D eigenvalue weighted by Gasteiger charge is 2.47. The van der Waals surface area contributed by atoms with Gasteiger partial charge in [-0.15, -0.1) is 30.6 Å². The maximum atomic E-state index is 12.4. The zero-order chi connectivity index (χ0) is 21.1.